The van der Waals surface area contributed by atoms with Crippen LogP contribution in [0.3, 0.4) is 0 Å². The third-order valence-corrected chi connectivity index (χ3v) is 3.24. The highest BCUT2D eigenvalue weighted by atomic mass is 35.5. The number of halogens is 1. The molecule has 1 amide bonds. The Kier molecular flexibility index (Phi) is 4.45. The molecule has 0 saturated carbocycles. The predicted molar refractivity (Wildman–Crippen MR) is 80.4 cm³/mol. The molecule has 0 atom stereocenters. The SMILES string of the molecule is Nc1ccc(C(=O)NCc2ccc(C(=O)O)cc2)cc1Cl. The summed E-state index contributed by atoms with van der Waals surface area (Å²) in [5.41, 5.74) is 7.41. The van der Waals surface area contributed by atoms with Crippen LogP contribution in [0.4, 0.5) is 5.69 Å². The normalized spacial score (nSPS) is 10.1. The molecule has 2 aromatic carbocycles. The average molecular weight is 305 g/mol. The molecule has 0 bridgehead atoms. The Morgan fingerprint density at radius 2 is 1.71 bits per heavy atom. The van der Waals surface area contributed by atoms with Crippen LogP contribution in [-0.4, -0.2) is 17.0 Å². The van der Waals surface area contributed by atoms with Crippen LogP contribution in [0.25, 0.3) is 0 Å². The minimum absolute atomic E-state index is 0.204. The number of carboxylic acids is 1. The third kappa shape index (κ3) is 3.73. The molecule has 2 rings (SSSR count). The molecule has 0 aromatic heterocycles. The minimum atomic E-state index is -0.984. The number of carbonyl (C=O) groups excluding carboxylic acids is 1. The van der Waals surface area contributed by atoms with Gasteiger partial charge in [-0.25, -0.2) is 4.79 Å². The quantitative estimate of drug-likeness (QED) is 0.757. The van der Waals surface area contributed by atoms with Crippen LogP contribution >= 0.6 is 11.6 Å². The van der Waals surface area contributed by atoms with Crippen molar-refractivity contribution in [1.82, 2.24) is 5.32 Å². The molecule has 0 heterocycles. The fourth-order valence-electron chi connectivity index (χ4n) is 1.72. The van der Waals surface area contributed by atoms with E-state index in [1.54, 1.807) is 24.3 Å². The first-order chi connectivity index (χ1) is 9.97. The number of carbonyl (C=O) groups is 2. The highest BCUT2D eigenvalue weighted by Crippen LogP contribution is 2.19. The van der Waals surface area contributed by atoms with Crippen LogP contribution in [-0.2, 0) is 6.54 Å². The Bertz CT molecular complexity index is 684. The van der Waals surface area contributed by atoms with Crippen molar-refractivity contribution in [1.29, 1.82) is 0 Å². The van der Waals surface area contributed by atoms with Crippen molar-refractivity contribution < 1.29 is 14.7 Å². The zero-order chi connectivity index (χ0) is 15.4. The largest absolute Gasteiger partial charge is 0.478 e. The lowest BCUT2D eigenvalue weighted by Crippen LogP contribution is -2.22. The van der Waals surface area contributed by atoms with Crippen molar-refractivity contribution in [2.75, 3.05) is 5.73 Å². The molecule has 2 aromatic rings. The molecule has 0 aliphatic heterocycles. The van der Waals surface area contributed by atoms with Gasteiger partial charge in [-0.15, -0.1) is 0 Å². The van der Waals surface area contributed by atoms with E-state index in [9.17, 15) is 9.59 Å². The number of rotatable bonds is 4. The van der Waals surface area contributed by atoms with Gasteiger partial charge in [0.1, 0.15) is 0 Å². The van der Waals surface area contributed by atoms with E-state index >= 15 is 0 Å². The first-order valence-corrected chi connectivity index (χ1v) is 6.50. The lowest BCUT2D eigenvalue weighted by Gasteiger charge is -2.07. The molecular weight excluding hydrogens is 292 g/mol. The van der Waals surface area contributed by atoms with Gasteiger partial charge in [-0.05, 0) is 35.9 Å². The molecular formula is C15H13ClN2O3. The van der Waals surface area contributed by atoms with E-state index in [0.29, 0.717) is 22.8 Å². The lowest BCUT2D eigenvalue weighted by atomic mass is 10.1. The molecule has 21 heavy (non-hydrogen) atoms. The summed E-state index contributed by atoms with van der Waals surface area (Å²) >= 11 is 5.86. The first kappa shape index (κ1) is 14.9. The van der Waals surface area contributed by atoms with Gasteiger partial charge in [0.15, 0.2) is 0 Å². The Morgan fingerprint density at radius 1 is 1.10 bits per heavy atom. The number of benzene rings is 2. The molecule has 0 aliphatic carbocycles. The summed E-state index contributed by atoms with van der Waals surface area (Å²) in [7, 11) is 0. The van der Waals surface area contributed by atoms with E-state index in [1.807, 2.05) is 0 Å². The van der Waals surface area contributed by atoms with Gasteiger partial charge in [0, 0.05) is 12.1 Å². The molecule has 0 unspecified atom stereocenters. The van der Waals surface area contributed by atoms with Gasteiger partial charge in [-0.2, -0.15) is 0 Å². The molecule has 6 heteroatoms. The maximum atomic E-state index is 12.0. The summed E-state index contributed by atoms with van der Waals surface area (Å²) in [6.07, 6.45) is 0. The van der Waals surface area contributed by atoms with Gasteiger partial charge in [0.05, 0.1) is 16.3 Å². The van der Waals surface area contributed by atoms with Crippen LogP contribution in [0, 0.1) is 0 Å². The van der Waals surface area contributed by atoms with E-state index in [0.717, 1.165) is 5.56 Å². The summed E-state index contributed by atoms with van der Waals surface area (Å²) < 4.78 is 0. The standard InChI is InChI=1S/C15H13ClN2O3/c16-12-7-11(5-6-13(12)17)14(19)18-8-9-1-3-10(4-2-9)15(20)21/h1-7H,8,17H2,(H,18,19)(H,20,21). The fraction of sp³-hybridized carbons (Fsp3) is 0.0667. The lowest BCUT2D eigenvalue weighted by molar-refractivity contribution is 0.0696. The summed E-state index contributed by atoms with van der Waals surface area (Å²) in [6.45, 7) is 0.292. The van der Waals surface area contributed by atoms with Crippen molar-refractivity contribution in [3.63, 3.8) is 0 Å². The van der Waals surface area contributed by atoms with Crippen molar-refractivity contribution >= 4 is 29.2 Å². The molecule has 0 radical (unpaired) electrons. The summed E-state index contributed by atoms with van der Waals surface area (Å²) in [4.78, 5) is 22.7. The maximum absolute atomic E-state index is 12.0. The van der Waals surface area contributed by atoms with Gasteiger partial charge < -0.3 is 16.2 Å². The second-order valence-electron chi connectivity index (χ2n) is 4.42. The first-order valence-electron chi connectivity index (χ1n) is 6.13. The molecule has 108 valence electrons. The van der Waals surface area contributed by atoms with E-state index in [4.69, 9.17) is 22.4 Å². The molecule has 0 saturated heterocycles. The van der Waals surface area contributed by atoms with Crippen molar-refractivity contribution in [2.24, 2.45) is 0 Å². The third-order valence-electron chi connectivity index (χ3n) is 2.92. The van der Waals surface area contributed by atoms with Gasteiger partial charge >= 0.3 is 5.97 Å². The fourth-order valence-corrected chi connectivity index (χ4v) is 1.90. The van der Waals surface area contributed by atoms with E-state index in [2.05, 4.69) is 5.32 Å². The highest BCUT2D eigenvalue weighted by molar-refractivity contribution is 6.33. The second-order valence-corrected chi connectivity index (χ2v) is 4.83. The maximum Gasteiger partial charge on any atom is 0.335 e. The average Bonchev–Trinajstić information content (AvgIpc) is 2.48. The number of hydrogen-bond acceptors (Lipinski definition) is 3. The Balaban J connectivity index is 2.00. The number of aromatic carboxylic acids is 1. The molecule has 5 nitrogen and oxygen atoms in total. The number of carboxylic acid groups (broad SMARTS) is 1. The number of hydrogen-bond donors (Lipinski definition) is 3. The molecule has 0 fully saturated rings. The van der Waals surface area contributed by atoms with E-state index in [-0.39, 0.29) is 11.5 Å². The summed E-state index contributed by atoms with van der Waals surface area (Å²) in [5, 5.41) is 11.9. The topological polar surface area (TPSA) is 92.4 Å². The van der Waals surface area contributed by atoms with Gasteiger partial charge in [-0.1, -0.05) is 23.7 Å². The Labute approximate surface area is 126 Å². The Hall–Kier alpha value is -2.53. The number of nitrogen functional groups attached to an aromatic ring is 1. The minimum Gasteiger partial charge on any atom is -0.478 e. The van der Waals surface area contributed by atoms with Crippen LogP contribution < -0.4 is 11.1 Å². The van der Waals surface area contributed by atoms with Crippen LogP contribution in [0.5, 0.6) is 0 Å². The smallest absolute Gasteiger partial charge is 0.335 e. The number of nitrogens with two attached hydrogens (primary N) is 1. The van der Waals surface area contributed by atoms with Crippen LogP contribution in [0.2, 0.25) is 5.02 Å². The predicted octanol–water partition coefficient (Wildman–Crippen LogP) is 2.55. The zero-order valence-electron chi connectivity index (χ0n) is 11.0. The van der Waals surface area contributed by atoms with Crippen molar-refractivity contribution in [2.45, 2.75) is 6.54 Å². The van der Waals surface area contributed by atoms with Crippen LogP contribution in [0.15, 0.2) is 42.5 Å². The van der Waals surface area contributed by atoms with Crippen molar-refractivity contribution in [3.05, 3.63) is 64.2 Å². The van der Waals surface area contributed by atoms with E-state index in [1.165, 1.54) is 18.2 Å². The van der Waals surface area contributed by atoms with Gasteiger partial charge in [0.25, 0.3) is 5.91 Å². The molecule has 0 spiro atoms. The molecule has 4 N–H and O–H groups in total. The summed E-state index contributed by atoms with van der Waals surface area (Å²) in [5.74, 6) is -1.26. The number of amides is 1. The van der Waals surface area contributed by atoms with Gasteiger partial charge in [0.2, 0.25) is 0 Å². The monoisotopic (exact) mass is 304 g/mol. The zero-order valence-corrected chi connectivity index (χ0v) is 11.7. The van der Waals surface area contributed by atoms with Crippen LogP contribution in [0.1, 0.15) is 26.3 Å². The highest BCUT2D eigenvalue weighted by Gasteiger charge is 2.08. The Morgan fingerprint density at radius 3 is 2.29 bits per heavy atom. The van der Waals surface area contributed by atoms with Gasteiger partial charge in [-0.3, -0.25) is 4.79 Å². The number of anilines is 1. The second kappa shape index (κ2) is 6.28. The van der Waals surface area contributed by atoms with Crippen molar-refractivity contribution in [3.8, 4) is 0 Å². The molecule has 0 aliphatic rings. The number of nitrogens with one attached hydrogen (secondary N) is 1. The summed E-state index contributed by atoms with van der Waals surface area (Å²) in [6, 6.07) is 10.9. The van der Waals surface area contributed by atoms with E-state index < -0.39 is 5.97 Å².